The molecule has 1 aromatic heterocycles. The number of benzene rings is 3. The molecule has 0 aliphatic heterocycles. The van der Waals surface area contributed by atoms with Gasteiger partial charge in [-0.25, -0.2) is 4.98 Å². The van der Waals surface area contributed by atoms with Crippen molar-refractivity contribution in [1.82, 2.24) is 4.98 Å². The third-order valence-corrected chi connectivity index (χ3v) is 5.08. The summed E-state index contributed by atoms with van der Waals surface area (Å²) in [5.41, 5.74) is 5.03. The fraction of sp³-hybridized carbons (Fsp3) is 0.200. The van der Waals surface area contributed by atoms with E-state index in [1.165, 1.54) is 6.07 Å². The van der Waals surface area contributed by atoms with Gasteiger partial charge in [0.05, 0.1) is 12.2 Å². The first-order chi connectivity index (χ1) is 14.9. The number of hydrogen-bond donors (Lipinski definition) is 2. The number of nitrogens with one attached hydrogen (secondary N) is 1. The van der Waals surface area contributed by atoms with Crippen LogP contribution in [0.4, 0.5) is 5.69 Å². The summed E-state index contributed by atoms with van der Waals surface area (Å²) in [6.45, 7) is 6.69. The minimum Gasteiger partial charge on any atom is -0.507 e. The number of phenols is 1. The van der Waals surface area contributed by atoms with Crippen LogP contribution in [-0.2, 0) is 0 Å². The maximum atomic E-state index is 12.6. The summed E-state index contributed by atoms with van der Waals surface area (Å²) in [4.78, 5) is 17.1. The fourth-order valence-electron chi connectivity index (χ4n) is 3.21. The van der Waals surface area contributed by atoms with Gasteiger partial charge in [-0.2, -0.15) is 0 Å². The number of carbonyl (C=O) groups is 1. The smallest absolute Gasteiger partial charge is 0.255 e. The van der Waals surface area contributed by atoms with E-state index in [0.717, 1.165) is 28.8 Å². The van der Waals surface area contributed by atoms with E-state index in [1.54, 1.807) is 36.4 Å². The zero-order valence-corrected chi connectivity index (χ0v) is 17.7. The zero-order chi connectivity index (χ0) is 22.0. The maximum Gasteiger partial charge on any atom is 0.255 e. The van der Waals surface area contributed by atoms with Gasteiger partial charge in [-0.15, -0.1) is 0 Å². The number of aromatic nitrogens is 1. The van der Waals surface area contributed by atoms with E-state index in [2.05, 4.69) is 10.3 Å². The first-order valence-electron chi connectivity index (χ1n) is 10.2. The van der Waals surface area contributed by atoms with Crippen molar-refractivity contribution in [3.63, 3.8) is 0 Å². The van der Waals surface area contributed by atoms with Crippen LogP contribution in [0.1, 0.15) is 34.8 Å². The first kappa shape index (κ1) is 20.5. The van der Waals surface area contributed by atoms with Crippen molar-refractivity contribution in [2.75, 3.05) is 11.9 Å². The molecule has 0 atom stereocenters. The van der Waals surface area contributed by atoms with E-state index in [0.29, 0.717) is 34.9 Å². The molecule has 1 heterocycles. The Hall–Kier alpha value is -3.80. The van der Waals surface area contributed by atoms with Gasteiger partial charge in [-0.1, -0.05) is 6.92 Å². The third kappa shape index (κ3) is 4.38. The van der Waals surface area contributed by atoms with Crippen molar-refractivity contribution in [3.8, 4) is 23.0 Å². The number of fused-ring (bicyclic) bond motifs is 1. The number of phenolic OH excluding ortho intramolecular Hbond substituents is 1. The largest absolute Gasteiger partial charge is 0.507 e. The molecule has 0 unspecified atom stereocenters. The van der Waals surface area contributed by atoms with Crippen molar-refractivity contribution >= 4 is 22.7 Å². The SMILES string of the molecule is CCCOc1ccc(C(=O)Nc2ccc(O)c(-c3nc4cc(C)c(C)cc4o3)c2)cc1. The number of nitrogens with zero attached hydrogens (tertiary/aromatic N) is 1. The van der Waals surface area contributed by atoms with E-state index >= 15 is 0 Å². The second-order valence-electron chi connectivity index (χ2n) is 7.48. The molecule has 2 N–H and O–H groups in total. The van der Waals surface area contributed by atoms with Crippen LogP contribution in [0.15, 0.2) is 59.0 Å². The van der Waals surface area contributed by atoms with Crippen molar-refractivity contribution in [2.24, 2.45) is 0 Å². The van der Waals surface area contributed by atoms with Gasteiger partial charge in [0.25, 0.3) is 5.91 Å². The number of amides is 1. The summed E-state index contributed by atoms with van der Waals surface area (Å²) < 4.78 is 11.4. The summed E-state index contributed by atoms with van der Waals surface area (Å²) in [5, 5.41) is 13.2. The number of ether oxygens (including phenoxy) is 1. The van der Waals surface area contributed by atoms with Crippen molar-refractivity contribution in [1.29, 1.82) is 0 Å². The second kappa shape index (κ2) is 8.52. The van der Waals surface area contributed by atoms with E-state index in [-0.39, 0.29) is 11.7 Å². The third-order valence-electron chi connectivity index (χ3n) is 5.08. The minimum atomic E-state index is -0.262. The molecule has 0 fully saturated rings. The normalized spacial score (nSPS) is 10.9. The number of aromatic hydroxyl groups is 1. The van der Waals surface area contributed by atoms with Gasteiger partial charge < -0.3 is 19.6 Å². The summed E-state index contributed by atoms with van der Waals surface area (Å²) in [7, 11) is 0. The molecular formula is C25H24N2O4. The Morgan fingerprint density at radius 3 is 2.55 bits per heavy atom. The molecule has 4 rings (SSSR count). The average molecular weight is 416 g/mol. The molecule has 31 heavy (non-hydrogen) atoms. The van der Waals surface area contributed by atoms with Crippen LogP contribution in [0.25, 0.3) is 22.6 Å². The van der Waals surface area contributed by atoms with E-state index in [4.69, 9.17) is 9.15 Å². The number of oxazole rings is 1. The summed E-state index contributed by atoms with van der Waals surface area (Å²) in [6.07, 6.45) is 0.921. The number of anilines is 1. The van der Waals surface area contributed by atoms with Crippen LogP contribution in [0.2, 0.25) is 0 Å². The molecule has 158 valence electrons. The molecule has 6 heteroatoms. The Morgan fingerprint density at radius 2 is 1.81 bits per heavy atom. The van der Waals surface area contributed by atoms with Gasteiger partial charge in [-0.3, -0.25) is 4.79 Å². The molecular weight excluding hydrogens is 392 g/mol. The molecule has 0 aliphatic rings. The zero-order valence-electron chi connectivity index (χ0n) is 17.7. The van der Waals surface area contributed by atoms with Crippen molar-refractivity contribution in [3.05, 3.63) is 71.3 Å². The molecule has 0 aliphatic carbocycles. The van der Waals surface area contributed by atoms with Gasteiger partial charge in [0.1, 0.15) is 17.0 Å². The lowest BCUT2D eigenvalue weighted by Gasteiger charge is -2.09. The highest BCUT2D eigenvalue weighted by Gasteiger charge is 2.15. The van der Waals surface area contributed by atoms with E-state index < -0.39 is 0 Å². The highest BCUT2D eigenvalue weighted by molar-refractivity contribution is 6.04. The molecule has 4 aromatic rings. The molecule has 6 nitrogen and oxygen atoms in total. The molecule has 0 saturated heterocycles. The van der Waals surface area contributed by atoms with Gasteiger partial charge >= 0.3 is 0 Å². The lowest BCUT2D eigenvalue weighted by atomic mass is 10.1. The Bertz CT molecular complexity index is 1200. The van der Waals surface area contributed by atoms with Crippen LogP contribution in [0, 0.1) is 13.8 Å². The Morgan fingerprint density at radius 1 is 1.06 bits per heavy atom. The maximum absolute atomic E-state index is 12.6. The summed E-state index contributed by atoms with van der Waals surface area (Å²) >= 11 is 0. The molecule has 0 spiro atoms. The van der Waals surface area contributed by atoms with Gasteiger partial charge in [0, 0.05) is 11.3 Å². The first-order valence-corrected chi connectivity index (χ1v) is 10.2. The lowest BCUT2D eigenvalue weighted by Crippen LogP contribution is -2.11. The van der Waals surface area contributed by atoms with E-state index in [9.17, 15) is 9.90 Å². The standard InChI is InChI=1S/C25H24N2O4/c1-4-11-30-19-8-5-17(6-9-19)24(29)26-18-7-10-22(28)20(14-18)25-27-21-12-15(2)16(3)13-23(21)31-25/h5-10,12-14,28H,4,11H2,1-3H3,(H,26,29). The Kier molecular flexibility index (Phi) is 5.62. The van der Waals surface area contributed by atoms with Crippen molar-refractivity contribution in [2.45, 2.75) is 27.2 Å². The highest BCUT2D eigenvalue weighted by atomic mass is 16.5. The van der Waals surface area contributed by atoms with Gasteiger partial charge in [-0.05, 0) is 86.0 Å². The molecule has 0 bridgehead atoms. The number of hydrogen-bond acceptors (Lipinski definition) is 5. The van der Waals surface area contributed by atoms with E-state index in [1.807, 2.05) is 32.9 Å². The second-order valence-corrected chi connectivity index (χ2v) is 7.48. The van der Waals surface area contributed by atoms with Crippen LogP contribution < -0.4 is 10.1 Å². The predicted octanol–water partition coefficient (Wildman–Crippen LogP) is 5.86. The fourth-order valence-corrected chi connectivity index (χ4v) is 3.21. The van der Waals surface area contributed by atoms with Gasteiger partial charge in [0.2, 0.25) is 5.89 Å². The average Bonchev–Trinajstić information content (AvgIpc) is 3.16. The summed E-state index contributed by atoms with van der Waals surface area (Å²) in [6, 6.07) is 15.7. The van der Waals surface area contributed by atoms with Crippen LogP contribution in [-0.4, -0.2) is 22.6 Å². The van der Waals surface area contributed by atoms with Crippen LogP contribution in [0.3, 0.4) is 0 Å². The molecule has 1 amide bonds. The van der Waals surface area contributed by atoms with Crippen LogP contribution >= 0.6 is 0 Å². The van der Waals surface area contributed by atoms with Gasteiger partial charge in [0.15, 0.2) is 5.58 Å². The number of rotatable bonds is 6. The van der Waals surface area contributed by atoms with Crippen molar-refractivity contribution < 1.29 is 19.1 Å². The van der Waals surface area contributed by atoms with Crippen LogP contribution in [0.5, 0.6) is 11.5 Å². The highest BCUT2D eigenvalue weighted by Crippen LogP contribution is 2.34. The monoisotopic (exact) mass is 416 g/mol. The number of carbonyl (C=O) groups excluding carboxylic acids is 1. The Balaban J connectivity index is 1.57. The predicted molar refractivity (Wildman–Crippen MR) is 121 cm³/mol. The Labute approximate surface area is 180 Å². The lowest BCUT2D eigenvalue weighted by molar-refractivity contribution is 0.102. The molecule has 0 radical (unpaired) electrons. The number of aryl methyl sites for hydroxylation is 2. The summed E-state index contributed by atoms with van der Waals surface area (Å²) in [5.74, 6) is 0.788. The topological polar surface area (TPSA) is 84.6 Å². The quantitative estimate of drug-likeness (QED) is 0.385. The minimum absolute atomic E-state index is 0.0235. The molecule has 0 saturated carbocycles. The molecule has 3 aromatic carbocycles.